The fraction of sp³-hybridized carbons (Fsp3) is 0.0833. The van der Waals surface area contributed by atoms with Gasteiger partial charge in [0.05, 0.1) is 29.0 Å². The van der Waals surface area contributed by atoms with Crippen molar-refractivity contribution in [1.29, 1.82) is 0 Å². The van der Waals surface area contributed by atoms with E-state index >= 15 is 0 Å². The van der Waals surface area contributed by atoms with Crippen molar-refractivity contribution in [3.8, 4) is 0 Å². The number of thiocarbonyl (C=S) groups is 1. The second-order valence-electron chi connectivity index (χ2n) is 7.37. The van der Waals surface area contributed by atoms with E-state index in [1.807, 2.05) is 18.2 Å². The van der Waals surface area contributed by atoms with Gasteiger partial charge in [0.15, 0.2) is 0 Å². The van der Waals surface area contributed by atoms with Crippen LogP contribution in [0, 0.1) is 0 Å². The molecule has 2 aliphatic rings. The molecule has 3 aromatic rings. The SMILES string of the molecule is O=C(CN1C(=O)C(=C2SC(=S)N(Cc3ccco3)C2=O)c2ccccc21)Nc1ccccc1. The number of anilines is 2. The molecule has 0 atom stereocenters. The van der Waals surface area contributed by atoms with Gasteiger partial charge in [0.2, 0.25) is 5.91 Å². The van der Waals surface area contributed by atoms with Gasteiger partial charge in [0.1, 0.15) is 16.6 Å². The summed E-state index contributed by atoms with van der Waals surface area (Å²) in [6.45, 7) is 0.00835. The molecule has 3 heterocycles. The van der Waals surface area contributed by atoms with Crippen molar-refractivity contribution >= 4 is 63.0 Å². The van der Waals surface area contributed by atoms with Crippen LogP contribution in [0.5, 0.6) is 0 Å². The number of nitrogens with zero attached hydrogens (tertiary/aromatic N) is 2. The van der Waals surface area contributed by atoms with Crippen LogP contribution in [0.15, 0.2) is 82.3 Å². The number of benzene rings is 2. The van der Waals surface area contributed by atoms with E-state index in [9.17, 15) is 14.4 Å². The summed E-state index contributed by atoms with van der Waals surface area (Å²) in [5.41, 5.74) is 2.09. The number of carbonyl (C=O) groups excluding carboxylic acids is 3. The van der Waals surface area contributed by atoms with Crippen molar-refractivity contribution in [2.24, 2.45) is 0 Å². The van der Waals surface area contributed by atoms with Crippen LogP contribution in [0.25, 0.3) is 5.57 Å². The van der Waals surface area contributed by atoms with Gasteiger partial charge in [-0.05, 0) is 30.3 Å². The summed E-state index contributed by atoms with van der Waals surface area (Å²) in [6, 6.07) is 19.6. The van der Waals surface area contributed by atoms with Crippen molar-refractivity contribution in [3.63, 3.8) is 0 Å². The van der Waals surface area contributed by atoms with E-state index in [2.05, 4.69) is 5.32 Å². The Balaban J connectivity index is 1.45. The van der Waals surface area contributed by atoms with Gasteiger partial charge in [-0.2, -0.15) is 0 Å². The first kappa shape index (κ1) is 21.2. The van der Waals surface area contributed by atoms with Crippen molar-refractivity contribution in [2.75, 3.05) is 16.8 Å². The van der Waals surface area contributed by atoms with Gasteiger partial charge in [0.25, 0.3) is 11.8 Å². The molecule has 7 nitrogen and oxygen atoms in total. The lowest BCUT2D eigenvalue weighted by atomic mass is 10.1. The smallest absolute Gasteiger partial charge is 0.267 e. The van der Waals surface area contributed by atoms with Gasteiger partial charge in [-0.1, -0.05) is 60.4 Å². The Labute approximate surface area is 199 Å². The highest BCUT2D eigenvalue weighted by Crippen LogP contribution is 2.44. The highest BCUT2D eigenvalue weighted by molar-refractivity contribution is 8.26. The molecule has 0 spiro atoms. The quantitative estimate of drug-likeness (QED) is 0.443. The topological polar surface area (TPSA) is 82.9 Å². The lowest BCUT2D eigenvalue weighted by Gasteiger charge is -2.16. The van der Waals surface area contributed by atoms with Crippen LogP contribution in [0.2, 0.25) is 0 Å². The first-order valence-electron chi connectivity index (χ1n) is 10.1. The molecule has 0 radical (unpaired) electrons. The van der Waals surface area contributed by atoms with Crippen LogP contribution in [0.1, 0.15) is 11.3 Å². The number of rotatable bonds is 5. The highest BCUT2D eigenvalue weighted by atomic mass is 32.2. The monoisotopic (exact) mass is 475 g/mol. The predicted octanol–water partition coefficient (Wildman–Crippen LogP) is 4.04. The van der Waals surface area contributed by atoms with Crippen molar-refractivity contribution < 1.29 is 18.8 Å². The van der Waals surface area contributed by atoms with Crippen molar-refractivity contribution in [2.45, 2.75) is 6.54 Å². The number of nitrogens with one attached hydrogen (secondary N) is 1. The largest absolute Gasteiger partial charge is 0.467 e. The summed E-state index contributed by atoms with van der Waals surface area (Å²) in [7, 11) is 0. The molecular weight excluding hydrogens is 458 g/mol. The summed E-state index contributed by atoms with van der Waals surface area (Å²) in [5.74, 6) is -0.501. The van der Waals surface area contributed by atoms with E-state index in [-0.39, 0.29) is 35.4 Å². The molecule has 3 amide bonds. The summed E-state index contributed by atoms with van der Waals surface area (Å²) in [6.07, 6.45) is 1.53. The fourth-order valence-electron chi connectivity index (χ4n) is 3.77. The van der Waals surface area contributed by atoms with E-state index in [4.69, 9.17) is 16.6 Å². The molecule has 0 unspecified atom stereocenters. The molecule has 9 heteroatoms. The fourth-order valence-corrected chi connectivity index (χ4v) is 5.09. The third-order valence-electron chi connectivity index (χ3n) is 5.25. The first-order valence-corrected chi connectivity index (χ1v) is 11.3. The second-order valence-corrected chi connectivity index (χ2v) is 9.01. The van der Waals surface area contributed by atoms with Crippen LogP contribution < -0.4 is 10.2 Å². The summed E-state index contributed by atoms with van der Waals surface area (Å²) >= 11 is 6.51. The highest BCUT2D eigenvalue weighted by Gasteiger charge is 2.42. The molecule has 5 rings (SSSR count). The standard InChI is InChI=1S/C24H17N3O4S2/c28-19(25-15-7-2-1-3-8-15)14-26-18-11-5-4-10-17(18)20(22(26)29)21-23(30)27(24(32)33-21)13-16-9-6-12-31-16/h1-12H,13-14H2,(H,25,28). The Morgan fingerprint density at radius 2 is 1.70 bits per heavy atom. The average molecular weight is 476 g/mol. The molecule has 1 fully saturated rings. The number of para-hydroxylation sites is 2. The van der Waals surface area contributed by atoms with Gasteiger partial charge in [-0.15, -0.1) is 0 Å². The number of hydrogen-bond donors (Lipinski definition) is 1. The lowest BCUT2D eigenvalue weighted by molar-refractivity contribution is -0.123. The van der Waals surface area contributed by atoms with Gasteiger partial charge >= 0.3 is 0 Å². The van der Waals surface area contributed by atoms with E-state index in [1.165, 1.54) is 16.1 Å². The van der Waals surface area contributed by atoms with E-state index < -0.39 is 5.91 Å². The van der Waals surface area contributed by atoms with Crippen LogP contribution in [0.4, 0.5) is 11.4 Å². The Hall–Kier alpha value is -3.69. The van der Waals surface area contributed by atoms with E-state index in [1.54, 1.807) is 48.5 Å². The van der Waals surface area contributed by atoms with Gasteiger partial charge in [-0.25, -0.2) is 0 Å². The van der Waals surface area contributed by atoms with Crippen molar-refractivity contribution in [1.82, 2.24) is 4.90 Å². The summed E-state index contributed by atoms with van der Waals surface area (Å²) < 4.78 is 5.69. The molecule has 1 saturated heterocycles. The zero-order valence-electron chi connectivity index (χ0n) is 17.2. The summed E-state index contributed by atoms with van der Waals surface area (Å²) in [5, 5.41) is 2.79. The molecule has 2 aromatic carbocycles. The Kier molecular flexibility index (Phi) is 5.57. The van der Waals surface area contributed by atoms with Gasteiger partial charge in [0, 0.05) is 11.3 Å². The number of furan rings is 1. The molecule has 0 bridgehead atoms. The lowest BCUT2D eigenvalue weighted by Crippen LogP contribution is -2.35. The number of fused-ring (bicyclic) bond motifs is 1. The normalized spacial score (nSPS) is 17.6. The maximum Gasteiger partial charge on any atom is 0.267 e. The Morgan fingerprint density at radius 3 is 2.45 bits per heavy atom. The molecule has 1 N–H and O–H groups in total. The minimum Gasteiger partial charge on any atom is -0.467 e. The zero-order valence-corrected chi connectivity index (χ0v) is 18.8. The van der Waals surface area contributed by atoms with E-state index in [0.29, 0.717) is 27.0 Å². The third kappa shape index (κ3) is 3.96. The average Bonchev–Trinajstić information content (AvgIpc) is 3.49. The maximum absolute atomic E-state index is 13.5. The van der Waals surface area contributed by atoms with Gasteiger partial charge < -0.3 is 9.73 Å². The number of carbonyl (C=O) groups is 3. The third-order valence-corrected chi connectivity index (χ3v) is 6.70. The molecule has 33 heavy (non-hydrogen) atoms. The molecule has 164 valence electrons. The molecule has 1 aromatic heterocycles. The maximum atomic E-state index is 13.5. The molecule has 0 aliphatic carbocycles. The number of amides is 3. The Bertz CT molecular complexity index is 1300. The summed E-state index contributed by atoms with van der Waals surface area (Å²) in [4.78, 5) is 42.4. The van der Waals surface area contributed by atoms with Crippen LogP contribution in [-0.2, 0) is 20.9 Å². The minimum absolute atomic E-state index is 0.180. The molecule has 0 saturated carbocycles. The van der Waals surface area contributed by atoms with Gasteiger partial charge in [-0.3, -0.25) is 24.2 Å². The zero-order chi connectivity index (χ0) is 22.9. The van der Waals surface area contributed by atoms with Crippen molar-refractivity contribution in [3.05, 3.63) is 89.2 Å². The van der Waals surface area contributed by atoms with Crippen LogP contribution in [0.3, 0.4) is 0 Å². The number of thioether (sulfide) groups is 1. The Morgan fingerprint density at radius 1 is 0.939 bits per heavy atom. The number of hydrogen-bond acceptors (Lipinski definition) is 6. The molecular formula is C24H17N3O4S2. The van der Waals surface area contributed by atoms with Crippen LogP contribution >= 0.6 is 24.0 Å². The minimum atomic E-state index is -0.405. The predicted molar refractivity (Wildman–Crippen MR) is 130 cm³/mol. The van der Waals surface area contributed by atoms with Crippen LogP contribution in [-0.4, -0.2) is 33.5 Å². The first-order chi connectivity index (χ1) is 16.0. The van der Waals surface area contributed by atoms with E-state index in [0.717, 1.165) is 11.8 Å². The molecule has 2 aliphatic heterocycles. The second kappa shape index (κ2) is 8.68.